The molecule has 0 N–H and O–H groups in total. The molecular weight excluding hydrogens is 593 g/mol. The van der Waals surface area contributed by atoms with E-state index in [9.17, 15) is 43.4 Å². The molecule has 2 rings (SSSR count). The van der Waals surface area contributed by atoms with Gasteiger partial charge in [-0.25, -0.2) is 0 Å². The van der Waals surface area contributed by atoms with Crippen LogP contribution in [0.15, 0.2) is 70.5 Å². The van der Waals surface area contributed by atoms with Crippen LogP contribution in [0.3, 0.4) is 0 Å². The average Bonchev–Trinajstić information content (AvgIpc) is 2.45. The van der Waals surface area contributed by atoms with Crippen molar-refractivity contribution >= 4 is 51.9 Å². The molecule has 16 heteroatoms. The second kappa shape index (κ2) is 7.28. The third-order valence-electron chi connectivity index (χ3n) is 2.38. The zero-order chi connectivity index (χ0) is 22.6. The molecule has 0 heterocycles. The van der Waals surface area contributed by atoms with Gasteiger partial charge in [0.15, 0.2) is 0 Å². The van der Waals surface area contributed by atoms with Gasteiger partial charge in [0.1, 0.15) is 4.90 Å². The first-order valence-corrected chi connectivity index (χ1v) is 14.0. The second-order valence-corrected chi connectivity index (χ2v) is 12.5. The summed E-state index contributed by atoms with van der Waals surface area (Å²) in [5, 5.41) is 0. The van der Waals surface area contributed by atoms with Gasteiger partial charge in [-0.1, -0.05) is 55.8 Å². The molecule has 0 spiro atoms. The van der Waals surface area contributed by atoms with Crippen molar-refractivity contribution in [2.24, 2.45) is 0 Å². The fourth-order valence-corrected chi connectivity index (χ4v) is 3.01. The van der Waals surface area contributed by atoms with Gasteiger partial charge in [-0.3, -0.25) is 0 Å². The Labute approximate surface area is 165 Å². The molecule has 0 aliphatic rings. The minimum absolute atomic E-state index is 0.363. The van der Waals surface area contributed by atoms with E-state index in [1.807, 2.05) is 0 Å². The monoisotopic (exact) mass is 602 g/mol. The Bertz CT molecular complexity index is 693. The summed E-state index contributed by atoms with van der Waals surface area (Å²) in [5.74, 6) is 0. The number of rotatable bonds is 2. The van der Waals surface area contributed by atoms with E-state index in [1.165, 1.54) is 12.1 Å². The van der Waals surface area contributed by atoms with Gasteiger partial charge in [0.25, 0.3) is 9.05 Å². The van der Waals surface area contributed by atoms with Crippen LogP contribution in [0.4, 0.5) is 43.4 Å². The van der Waals surface area contributed by atoms with Crippen LogP contribution >= 0.6 is 30.0 Å². The fraction of sp³-hybridized carbons (Fsp3) is 0. The minimum atomic E-state index is -9.43. The molecular formula is C12H10ClF12S2Sb. The van der Waals surface area contributed by atoms with Gasteiger partial charge in [0.2, 0.25) is 0 Å². The Balaban J connectivity index is 0.000000439. The molecule has 0 aliphatic heterocycles. The van der Waals surface area contributed by atoms with Crippen LogP contribution in [0.5, 0.6) is 0 Å². The van der Waals surface area contributed by atoms with E-state index in [1.54, 1.807) is 0 Å². The molecule has 0 aliphatic carbocycles. The molecule has 2 aromatic rings. The molecule has 166 valence electrons. The molecule has 2 aromatic carbocycles. The summed E-state index contributed by atoms with van der Waals surface area (Å²) < 4.78 is 139. The number of benzene rings is 2. The zero-order valence-corrected chi connectivity index (χ0v) is 17.9. The van der Waals surface area contributed by atoms with Gasteiger partial charge in [0, 0.05) is 10.7 Å². The Morgan fingerprint density at radius 2 is 0.786 bits per heavy atom. The van der Waals surface area contributed by atoms with Crippen LogP contribution < -0.4 is 0 Å². The maximum atomic E-state index is 12.4. The summed E-state index contributed by atoms with van der Waals surface area (Å²) in [6.45, 7) is 0. The van der Waals surface area contributed by atoms with Crippen molar-refractivity contribution in [2.45, 2.75) is 9.79 Å². The van der Waals surface area contributed by atoms with Crippen molar-refractivity contribution in [3.63, 3.8) is 0 Å². The topological polar surface area (TPSA) is 0 Å². The molecule has 0 fully saturated rings. The first kappa shape index (κ1) is 27.4. The Morgan fingerprint density at radius 1 is 0.536 bits per heavy atom. The Morgan fingerprint density at radius 3 is 0.929 bits per heavy atom. The van der Waals surface area contributed by atoms with Crippen LogP contribution in [0.2, 0.25) is 0 Å². The van der Waals surface area contributed by atoms with Gasteiger partial charge in [-0.05, 0) is 24.3 Å². The predicted octanol–water partition coefficient (Wildman–Crippen LogP) is 9.84. The van der Waals surface area contributed by atoms with E-state index in [-0.39, 0.29) is 0 Å². The van der Waals surface area contributed by atoms with Crippen LogP contribution in [0.25, 0.3) is 0 Å². The summed E-state index contributed by atoms with van der Waals surface area (Å²) in [5.41, 5.74) is 0. The van der Waals surface area contributed by atoms with Gasteiger partial charge in [-0.15, -0.1) is 15.5 Å². The molecule has 0 amide bonds. The molecule has 0 aromatic heterocycles. The number of halogens is 13. The fourth-order valence-electron chi connectivity index (χ4n) is 1.36. The van der Waals surface area contributed by atoms with E-state index in [0.29, 0.717) is 24.3 Å². The summed E-state index contributed by atoms with van der Waals surface area (Å²) in [4.78, 5) is -3.27. The Hall–Kier alpha value is -0.592. The quantitative estimate of drug-likeness (QED) is 0.237. The van der Waals surface area contributed by atoms with Crippen LogP contribution in [-0.2, 0) is 0 Å². The molecule has 0 unspecified atom stereocenters. The average molecular weight is 604 g/mol. The summed E-state index contributed by atoms with van der Waals surface area (Å²) >= 11 is -4.95. The van der Waals surface area contributed by atoms with E-state index >= 15 is 0 Å². The van der Waals surface area contributed by atoms with Crippen molar-refractivity contribution in [1.82, 2.24) is 0 Å². The standard InChI is InChI=1S/C6H5ClF4S.C6H5F5S.3FH.Sb/c2*7-12(8,9,10,11)6-4-2-1-3-5-6;;;;/h2*1-5H;3*1H;/q;;;;;+3/p-3. The van der Waals surface area contributed by atoms with Crippen molar-refractivity contribution in [3.8, 4) is 0 Å². The second-order valence-electron chi connectivity index (χ2n) is 4.76. The molecule has 0 saturated carbocycles. The van der Waals surface area contributed by atoms with E-state index in [0.717, 1.165) is 24.3 Å². The summed E-state index contributed by atoms with van der Waals surface area (Å²) in [6, 6.07) is 8.54. The predicted molar refractivity (Wildman–Crippen MR) is 89.5 cm³/mol. The first-order valence-electron chi connectivity index (χ1n) is 6.28. The van der Waals surface area contributed by atoms with Crippen LogP contribution in [-0.4, -0.2) is 22.0 Å². The van der Waals surface area contributed by atoms with Crippen molar-refractivity contribution in [3.05, 3.63) is 60.7 Å². The summed E-state index contributed by atoms with van der Waals surface area (Å²) in [6.07, 6.45) is 0. The number of hydrogen-bond donors (Lipinski definition) is 0. The third kappa shape index (κ3) is 12.1. The summed E-state index contributed by atoms with van der Waals surface area (Å²) in [7, 11) is -13.9. The molecule has 0 nitrogen and oxygen atoms in total. The van der Waals surface area contributed by atoms with Crippen LogP contribution in [0, 0.1) is 0 Å². The van der Waals surface area contributed by atoms with Crippen molar-refractivity contribution < 1.29 is 43.4 Å². The zero-order valence-electron chi connectivity index (χ0n) is 13.0. The third-order valence-corrected chi connectivity index (χ3v) is 5.24. The normalized spacial score (nSPS) is 16.8. The van der Waals surface area contributed by atoms with Crippen molar-refractivity contribution in [2.75, 3.05) is 0 Å². The number of hydrogen-bond acceptors (Lipinski definition) is 0. The van der Waals surface area contributed by atoms with Gasteiger partial charge < -0.3 is 0 Å². The van der Waals surface area contributed by atoms with Crippen LogP contribution in [0.1, 0.15) is 0 Å². The molecule has 0 bridgehead atoms. The first-order chi connectivity index (χ1) is 11.9. The maximum absolute atomic E-state index is 12.4. The van der Waals surface area contributed by atoms with E-state index in [4.69, 9.17) is 0 Å². The molecule has 0 saturated heterocycles. The van der Waals surface area contributed by atoms with Gasteiger partial charge in [0.05, 0.1) is 4.90 Å². The van der Waals surface area contributed by atoms with E-state index in [2.05, 4.69) is 10.7 Å². The van der Waals surface area contributed by atoms with E-state index < -0.39 is 51.0 Å². The molecule has 0 atom stereocenters. The molecule has 28 heavy (non-hydrogen) atoms. The SMILES string of the molecule is FS(F)(F)(F)(Cl)c1ccccc1.FS(F)(F)(F)(F)c1ccccc1.[F][Sb]([F])[F]. The van der Waals surface area contributed by atoms with Crippen molar-refractivity contribution in [1.29, 1.82) is 0 Å². The van der Waals surface area contributed by atoms with Gasteiger partial charge in [-0.2, -0.15) is 0 Å². The molecule has 0 radical (unpaired) electrons. The Kier molecular flexibility index (Phi) is 7.12. The van der Waals surface area contributed by atoms with Gasteiger partial charge >= 0.3 is 40.6 Å².